The first-order chi connectivity index (χ1) is 12.1. The fraction of sp³-hybridized carbons (Fsp3) is 0.722. The lowest BCUT2D eigenvalue weighted by Crippen LogP contribution is -2.37. The Labute approximate surface area is 172 Å². The summed E-state index contributed by atoms with van der Waals surface area (Å²) in [4.78, 5) is 27.4. The number of nitrogens with one attached hydrogen (secondary N) is 2. The van der Waals surface area contributed by atoms with Gasteiger partial charge < -0.3 is 20.3 Å². The van der Waals surface area contributed by atoms with Crippen molar-refractivity contribution >= 4 is 36.7 Å². The summed E-state index contributed by atoms with van der Waals surface area (Å²) in [5, 5.41) is 15.2. The summed E-state index contributed by atoms with van der Waals surface area (Å²) in [5.74, 6) is -0.343. The van der Waals surface area contributed by atoms with Gasteiger partial charge in [-0.3, -0.25) is 9.59 Å². The van der Waals surface area contributed by atoms with E-state index in [2.05, 4.69) is 20.2 Å². The number of carboxylic acids is 1. The predicted octanol–water partition coefficient (Wildman–Crippen LogP) is 2.80. The number of hydrogen-bond acceptors (Lipinski definition) is 4. The molecule has 3 rings (SSSR count). The SMILES string of the molecule is Cl.Cl.O=C(O)CCC1CCC(NC(=O)c2cn(C3CCNCC3)cn2)CC1. The van der Waals surface area contributed by atoms with E-state index in [9.17, 15) is 9.59 Å². The summed E-state index contributed by atoms with van der Waals surface area (Å²) in [7, 11) is 0. The van der Waals surface area contributed by atoms with Crippen molar-refractivity contribution in [2.24, 2.45) is 5.92 Å². The molecule has 7 nitrogen and oxygen atoms in total. The molecule has 1 aliphatic carbocycles. The summed E-state index contributed by atoms with van der Waals surface area (Å²) in [6.07, 6.45) is 10.6. The highest BCUT2D eigenvalue weighted by Crippen LogP contribution is 2.28. The molecule has 1 aromatic rings. The molecule has 0 unspecified atom stereocenters. The number of amides is 1. The van der Waals surface area contributed by atoms with Gasteiger partial charge in [0, 0.05) is 24.7 Å². The molecule has 0 spiro atoms. The van der Waals surface area contributed by atoms with E-state index in [1.165, 1.54) is 0 Å². The van der Waals surface area contributed by atoms with E-state index in [0.717, 1.165) is 58.0 Å². The van der Waals surface area contributed by atoms with Crippen molar-refractivity contribution in [2.75, 3.05) is 13.1 Å². The monoisotopic (exact) mass is 420 g/mol. The summed E-state index contributed by atoms with van der Waals surface area (Å²) >= 11 is 0. The quantitative estimate of drug-likeness (QED) is 0.657. The van der Waals surface area contributed by atoms with Crippen LogP contribution in [0, 0.1) is 5.92 Å². The van der Waals surface area contributed by atoms with E-state index in [0.29, 0.717) is 17.7 Å². The molecule has 1 aromatic heterocycles. The molecule has 2 aliphatic rings. The second-order valence-electron chi connectivity index (χ2n) is 7.31. The summed E-state index contributed by atoms with van der Waals surface area (Å²) in [6, 6.07) is 0.609. The maximum Gasteiger partial charge on any atom is 0.303 e. The van der Waals surface area contributed by atoms with Crippen molar-refractivity contribution in [3.8, 4) is 0 Å². The molecule has 27 heavy (non-hydrogen) atoms. The number of carbonyl (C=O) groups is 2. The lowest BCUT2D eigenvalue weighted by atomic mass is 9.83. The smallest absolute Gasteiger partial charge is 0.303 e. The van der Waals surface area contributed by atoms with Gasteiger partial charge in [-0.15, -0.1) is 24.8 Å². The van der Waals surface area contributed by atoms with Crippen LogP contribution in [-0.4, -0.2) is 45.7 Å². The molecule has 1 saturated carbocycles. The standard InChI is InChI=1S/C18H28N4O3.2ClH/c23-17(24)6-3-13-1-4-14(5-2-13)21-18(25)16-11-22(12-20-16)15-7-9-19-10-8-15;;/h11-15,19H,1-10H2,(H,21,25)(H,23,24);2*1H. The van der Waals surface area contributed by atoms with Gasteiger partial charge in [0.15, 0.2) is 0 Å². The second-order valence-corrected chi connectivity index (χ2v) is 7.31. The van der Waals surface area contributed by atoms with Crippen LogP contribution < -0.4 is 10.6 Å². The Hall–Kier alpha value is -1.31. The largest absolute Gasteiger partial charge is 0.481 e. The first-order valence-corrected chi connectivity index (χ1v) is 9.38. The Balaban J connectivity index is 0.00000182. The van der Waals surface area contributed by atoms with Gasteiger partial charge in [-0.2, -0.15) is 0 Å². The Morgan fingerprint density at radius 1 is 1.15 bits per heavy atom. The third kappa shape index (κ3) is 6.97. The van der Waals surface area contributed by atoms with Crippen LogP contribution >= 0.6 is 24.8 Å². The number of halogens is 2. The Morgan fingerprint density at radius 3 is 2.44 bits per heavy atom. The highest BCUT2D eigenvalue weighted by atomic mass is 35.5. The molecule has 0 radical (unpaired) electrons. The number of nitrogens with zero attached hydrogens (tertiary/aromatic N) is 2. The van der Waals surface area contributed by atoms with Gasteiger partial charge in [0.25, 0.3) is 5.91 Å². The van der Waals surface area contributed by atoms with E-state index in [-0.39, 0.29) is 43.2 Å². The van der Waals surface area contributed by atoms with Crippen molar-refractivity contribution in [3.05, 3.63) is 18.2 Å². The fourth-order valence-electron chi connectivity index (χ4n) is 3.94. The number of piperidine rings is 1. The van der Waals surface area contributed by atoms with Crippen molar-refractivity contribution in [1.82, 2.24) is 20.2 Å². The third-order valence-electron chi connectivity index (χ3n) is 5.51. The van der Waals surface area contributed by atoms with Gasteiger partial charge in [0.05, 0.1) is 6.33 Å². The fourth-order valence-corrected chi connectivity index (χ4v) is 3.94. The average molecular weight is 421 g/mol. The number of aromatic nitrogens is 2. The highest BCUT2D eigenvalue weighted by Gasteiger charge is 2.24. The molecule has 0 bridgehead atoms. The number of carbonyl (C=O) groups excluding carboxylic acids is 1. The van der Waals surface area contributed by atoms with Crippen LogP contribution in [0.4, 0.5) is 0 Å². The summed E-state index contributed by atoms with van der Waals surface area (Å²) in [6.45, 7) is 2.02. The minimum Gasteiger partial charge on any atom is -0.481 e. The van der Waals surface area contributed by atoms with Gasteiger partial charge in [0.2, 0.25) is 0 Å². The molecule has 1 amide bonds. The number of carboxylic acid groups (broad SMARTS) is 1. The van der Waals surface area contributed by atoms with Crippen LogP contribution in [0.25, 0.3) is 0 Å². The minimum atomic E-state index is -0.722. The topological polar surface area (TPSA) is 96.3 Å². The van der Waals surface area contributed by atoms with Crippen molar-refractivity contribution in [3.63, 3.8) is 0 Å². The van der Waals surface area contributed by atoms with Crippen LogP contribution in [0.1, 0.15) is 67.9 Å². The molecule has 2 fully saturated rings. The normalized spacial score (nSPS) is 23.0. The van der Waals surface area contributed by atoms with E-state index in [1.54, 1.807) is 6.33 Å². The molecule has 154 valence electrons. The van der Waals surface area contributed by atoms with Crippen molar-refractivity contribution < 1.29 is 14.7 Å². The van der Waals surface area contributed by atoms with Gasteiger partial charge in [-0.25, -0.2) is 4.98 Å². The zero-order valence-corrected chi connectivity index (χ0v) is 17.1. The van der Waals surface area contributed by atoms with Gasteiger partial charge >= 0.3 is 5.97 Å². The third-order valence-corrected chi connectivity index (χ3v) is 5.51. The van der Waals surface area contributed by atoms with Crippen molar-refractivity contribution in [2.45, 2.75) is 63.5 Å². The molecule has 1 saturated heterocycles. The molecule has 2 heterocycles. The number of hydrogen-bond donors (Lipinski definition) is 3. The second kappa shape index (κ2) is 11.5. The molecule has 9 heteroatoms. The summed E-state index contributed by atoms with van der Waals surface area (Å²) < 4.78 is 2.07. The van der Waals surface area contributed by atoms with Crippen LogP contribution in [0.5, 0.6) is 0 Å². The van der Waals surface area contributed by atoms with Gasteiger partial charge in [0.1, 0.15) is 5.69 Å². The van der Waals surface area contributed by atoms with Crippen LogP contribution in [0.15, 0.2) is 12.5 Å². The first kappa shape index (κ1) is 23.7. The molecule has 0 atom stereocenters. The van der Waals surface area contributed by atoms with E-state index < -0.39 is 5.97 Å². The van der Waals surface area contributed by atoms with Gasteiger partial charge in [-0.1, -0.05) is 0 Å². The van der Waals surface area contributed by atoms with E-state index in [1.807, 2.05) is 6.20 Å². The van der Waals surface area contributed by atoms with E-state index in [4.69, 9.17) is 5.11 Å². The molecular weight excluding hydrogens is 391 g/mol. The zero-order valence-electron chi connectivity index (χ0n) is 15.4. The Kier molecular flexibility index (Phi) is 10.1. The molecule has 3 N–H and O–H groups in total. The minimum absolute atomic E-state index is 0. The lowest BCUT2D eigenvalue weighted by Gasteiger charge is -2.28. The van der Waals surface area contributed by atoms with Crippen LogP contribution in [0.2, 0.25) is 0 Å². The average Bonchev–Trinajstić information content (AvgIpc) is 3.12. The number of aliphatic carboxylic acids is 1. The Morgan fingerprint density at radius 2 is 1.81 bits per heavy atom. The number of rotatable bonds is 6. The van der Waals surface area contributed by atoms with Gasteiger partial charge in [-0.05, 0) is 64.0 Å². The first-order valence-electron chi connectivity index (χ1n) is 9.38. The summed E-state index contributed by atoms with van der Waals surface area (Å²) in [5.41, 5.74) is 0.492. The number of imidazole rings is 1. The molecule has 1 aliphatic heterocycles. The zero-order chi connectivity index (χ0) is 17.6. The van der Waals surface area contributed by atoms with Crippen molar-refractivity contribution in [1.29, 1.82) is 0 Å². The maximum atomic E-state index is 12.4. The predicted molar refractivity (Wildman–Crippen MR) is 108 cm³/mol. The Bertz CT molecular complexity index is 597. The molecule has 0 aromatic carbocycles. The highest BCUT2D eigenvalue weighted by molar-refractivity contribution is 5.92. The lowest BCUT2D eigenvalue weighted by molar-refractivity contribution is -0.137. The molecular formula is C18H30Cl2N4O3. The van der Waals surface area contributed by atoms with Crippen LogP contribution in [0.3, 0.4) is 0 Å². The maximum absolute atomic E-state index is 12.4. The van der Waals surface area contributed by atoms with E-state index >= 15 is 0 Å². The van der Waals surface area contributed by atoms with Crippen LogP contribution in [-0.2, 0) is 4.79 Å².